The fourth-order valence-corrected chi connectivity index (χ4v) is 5.86. The zero-order valence-corrected chi connectivity index (χ0v) is 22.9. The number of anilines is 1. The van der Waals surface area contributed by atoms with Crippen LogP contribution in [-0.2, 0) is 14.8 Å². The summed E-state index contributed by atoms with van der Waals surface area (Å²) in [6.45, 7) is 11.6. The fourth-order valence-electron chi connectivity index (χ4n) is 4.43. The van der Waals surface area contributed by atoms with Gasteiger partial charge >= 0.3 is 0 Å². The summed E-state index contributed by atoms with van der Waals surface area (Å²) in [6.07, 6.45) is 0. The van der Waals surface area contributed by atoms with Crippen LogP contribution in [0.4, 0.5) is 5.69 Å². The molecule has 1 amide bonds. The highest BCUT2D eigenvalue weighted by Crippen LogP contribution is 2.32. The van der Waals surface area contributed by atoms with Crippen molar-refractivity contribution in [2.75, 3.05) is 18.0 Å². The number of sulfonamides is 1. The second-order valence-electron chi connectivity index (χ2n) is 9.57. The largest absolute Gasteiger partial charge is 0.496 e. The van der Waals surface area contributed by atoms with Crippen LogP contribution in [0.3, 0.4) is 0 Å². The number of carbonyl (C=O) groups is 1. The fraction of sp³-hybridized carbons (Fsp3) is 0.345. The van der Waals surface area contributed by atoms with E-state index in [0.717, 1.165) is 33.6 Å². The van der Waals surface area contributed by atoms with Crippen LogP contribution in [0.25, 0.3) is 0 Å². The zero-order valence-electron chi connectivity index (χ0n) is 22.1. The van der Waals surface area contributed by atoms with Crippen molar-refractivity contribution in [1.29, 1.82) is 0 Å². The Kier molecular flexibility index (Phi) is 8.46. The van der Waals surface area contributed by atoms with Gasteiger partial charge in [-0.1, -0.05) is 38.1 Å². The van der Waals surface area contributed by atoms with Crippen LogP contribution in [0.5, 0.6) is 5.75 Å². The van der Waals surface area contributed by atoms with Crippen LogP contribution in [0.1, 0.15) is 60.5 Å². The van der Waals surface area contributed by atoms with E-state index in [0.29, 0.717) is 5.69 Å². The molecule has 3 aromatic carbocycles. The first kappa shape index (κ1) is 27.3. The van der Waals surface area contributed by atoms with Crippen LogP contribution in [0, 0.1) is 20.8 Å². The van der Waals surface area contributed by atoms with Gasteiger partial charge in [-0.05, 0) is 97.8 Å². The van der Waals surface area contributed by atoms with Crippen molar-refractivity contribution in [3.05, 3.63) is 88.5 Å². The van der Waals surface area contributed by atoms with Gasteiger partial charge in [0.25, 0.3) is 10.0 Å². The van der Waals surface area contributed by atoms with E-state index in [1.165, 1.54) is 4.31 Å². The summed E-state index contributed by atoms with van der Waals surface area (Å²) in [5.74, 6) is 0.681. The van der Waals surface area contributed by atoms with E-state index in [2.05, 4.69) is 25.2 Å². The van der Waals surface area contributed by atoms with Gasteiger partial charge in [-0.2, -0.15) is 0 Å². The molecule has 1 N–H and O–H groups in total. The van der Waals surface area contributed by atoms with Gasteiger partial charge in [-0.15, -0.1) is 0 Å². The van der Waals surface area contributed by atoms with Crippen LogP contribution in [0.2, 0.25) is 0 Å². The second kappa shape index (κ2) is 11.2. The van der Waals surface area contributed by atoms with Crippen molar-refractivity contribution in [3.8, 4) is 5.75 Å². The van der Waals surface area contributed by atoms with E-state index in [-0.39, 0.29) is 29.3 Å². The van der Waals surface area contributed by atoms with Crippen LogP contribution in [0.15, 0.2) is 65.6 Å². The molecule has 0 saturated heterocycles. The molecule has 0 unspecified atom stereocenters. The van der Waals surface area contributed by atoms with Gasteiger partial charge in [0.05, 0.1) is 23.7 Å². The minimum Gasteiger partial charge on any atom is -0.496 e. The highest BCUT2D eigenvalue weighted by molar-refractivity contribution is 7.92. The molecule has 3 aromatic rings. The Bertz CT molecular complexity index is 1310. The van der Waals surface area contributed by atoms with Gasteiger partial charge < -0.3 is 10.1 Å². The van der Waals surface area contributed by atoms with Crippen molar-refractivity contribution in [2.45, 2.75) is 58.4 Å². The molecule has 0 aromatic heterocycles. The maximum atomic E-state index is 13.6. The summed E-state index contributed by atoms with van der Waals surface area (Å²) >= 11 is 0. The molecule has 0 radical (unpaired) electrons. The summed E-state index contributed by atoms with van der Waals surface area (Å²) in [7, 11) is -2.31. The number of nitrogens with one attached hydrogen (secondary N) is 1. The molecule has 7 heteroatoms. The van der Waals surface area contributed by atoms with Crippen LogP contribution >= 0.6 is 0 Å². The van der Waals surface area contributed by atoms with Crippen LogP contribution < -0.4 is 14.4 Å². The molecule has 0 bridgehead atoms. The molecule has 0 saturated carbocycles. The van der Waals surface area contributed by atoms with Gasteiger partial charge in [0.2, 0.25) is 5.91 Å². The molecule has 0 spiro atoms. The molecule has 0 fully saturated rings. The number of nitrogens with zero attached hydrogens (tertiary/aromatic N) is 1. The smallest absolute Gasteiger partial charge is 0.264 e. The Morgan fingerprint density at radius 1 is 0.917 bits per heavy atom. The average molecular weight is 509 g/mol. The highest BCUT2D eigenvalue weighted by atomic mass is 32.2. The molecular weight excluding hydrogens is 472 g/mol. The molecule has 6 nitrogen and oxygen atoms in total. The zero-order chi connectivity index (χ0) is 26.6. The number of aryl methyl sites for hydroxylation is 3. The number of amides is 1. The SMILES string of the molecule is COc1cc(C)c([C@@H](C)NC(=O)CN(c2cc(C)cc(C)c2)S(=O)(=O)c2ccccc2)cc1C(C)C. The lowest BCUT2D eigenvalue weighted by Gasteiger charge is -2.26. The molecule has 36 heavy (non-hydrogen) atoms. The van der Waals surface area contributed by atoms with E-state index in [1.807, 2.05) is 39.8 Å². The highest BCUT2D eigenvalue weighted by Gasteiger charge is 2.28. The summed E-state index contributed by atoms with van der Waals surface area (Å²) in [5.41, 5.74) is 5.32. The molecule has 0 heterocycles. The number of hydrogen-bond acceptors (Lipinski definition) is 4. The number of rotatable bonds is 9. The molecule has 0 aliphatic rings. The van der Waals surface area contributed by atoms with Gasteiger partial charge in [-0.3, -0.25) is 9.10 Å². The molecule has 0 aliphatic heterocycles. The summed E-state index contributed by atoms with van der Waals surface area (Å²) in [4.78, 5) is 13.4. The Morgan fingerprint density at radius 3 is 2.08 bits per heavy atom. The lowest BCUT2D eigenvalue weighted by Crippen LogP contribution is -2.41. The van der Waals surface area contributed by atoms with E-state index in [9.17, 15) is 13.2 Å². The summed E-state index contributed by atoms with van der Waals surface area (Å²) in [5, 5.41) is 3.01. The first-order valence-corrected chi connectivity index (χ1v) is 13.5. The molecule has 0 aliphatic carbocycles. The Morgan fingerprint density at radius 2 is 1.53 bits per heavy atom. The van der Waals surface area contributed by atoms with Crippen molar-refractivity contribution in [2.24, 2.45) is 0 Å². The standard InChI is InChI=1S/C29H36N2O4S/c1-19(2)26-17-27(22(5)16-28(26)35-7)23(6)30-29(32)18-31(24-14-20(3)13-21(4)15-24)36(33,34)25-11-9-8-10-12-25/h8-17,19,23H,18H2,1-7H3,(H,30,32)/t23-/m1/s1. The lowest BCUT2D eigenvalue weighted by molar-refractivity contribution is -0.120. The third kappa shape index (κ3) is 6.08. The number of ether oxygens (including phenoxy) is 1. The molecule has 192 valence electrons. The van der Waals surface area contributed by atoms with E-state index in [1.54, 1.807) is 49.6 Å². The number of methoxy groups -OCH3 is 1. The average Bonchev–Trinajstić information content (AvgIpc) is 2.81. The van der Waals surface area contributed by atoms with E-state index in [4.69, 9.17) is 4.74 Å². The quantitative estimate of drug-likeness (QED) is 0.395. The van der Waals surface area contributed by atoms with Crippen molar-refractivity contribution < 1.29 is 17.9 Å². The normalized spacial score (nSPS) is 12.3. The maximum absolute atomic E-state index is 13.6. The minimum atomic E-state index is -3.96. The predicted molar refractivity (Wildman–Crippen MR) is 145 cm³/mol. The van der Waals surface area contributed by atoms with Gasteiger partial charge in [-0.25, -0.2) is 8.42 Å². The second-order valence-corrected chi connectivity index (χ2v) is 11.4. The third-order valence-electron chi connectivity index (χ3n) is 6.20. The Hall–Kier alpha value is -3.32. The third-order valence-corrected chi connectivity index (χ3v) is 7.99. The number of carbonyl (C=O) groups excluding carboxylic acids is 1. The maximum Gasteiger partial charge on any atom is 0.264 e. The number of benzene rings is 3. The molecule has 3 rings (SSSR count). The monoisotopic (exact) mass is 508 g/mol. The van der Waals surface area contributed by atoms with Crippen molar-refractivity contribution in [1.82, 2.24) is 5.32 Å². The minimum absolute atomic E-state index is 0.137. The van der Waals surface area contributed by atoms with Gasteiger partial charge in [0.1, 0.15) is 12.3 Å². The first-order chi connectivity index (χ1) is 16.9. The topological polar surface area (TPSA) is 75.7 Å². The van der Waals surface area contributed by atoms with Gasteiger partial charge in [0, 0.05) is 0 Å². The van der Waals surface area contributed by atoms with Gasteiger partial charge in [0.15, 0.2) is 0 Å². The van der Waals surface area contributed by atoms with Crippen LogP contribution in [-0.4, -0.2) is 28.0 Å². The van der Waals surface area contributed by atoms with Crippen molar-refractivity contribution in [3.63, 3.8) is 0 Å². The lowest BCUT2D eigenvalue weighted by atomic mass is 9.93. The number of hydrogen-bond donors (Lipinski definition) is 1. The summed E-state index contributed by atoms with van der Waals surface area (Å²) in [6, 6.07) is 17.5. The Balaban J connectivity index is 1.94. The first-order valence-electron chi connectivity index (χ1n) is 12.1. The molecule has 1 atom stereocenters. The van der Waals surface area contributed by atoms with E-state index < -0.39 is 10.0 Å². The van der Waals surface area contributed by atoms with Crippen molar-refractivity contribution >= 4 is 21.6 Å². The molecular formula is C29H36N2O4S. The van der Waals surface area contributed by atoms with E-state index >= 15 is 0 Å². The predicted octanol–water partition coefficient (Wildman–Crippen LogP) is 5.82. The Labute approximate surface area is 215 Å². The summed E-state index contributed by atoms with van der Waals surface area (Å²) < 4.78 is 34.0.